The lowest BCUT2D eigenvalue weighted by atomic mass is 10.1. The maximum atomic E-state index is 5.79. The number of hydrogen-bond donors (Lipinski definition) is 1. The van der Waals surface area contributed by atoms with Crippen molar-refractivity contribution in [1.29, 1.82) is 0 Å². The summed E-state index contributed by atoms with van der Waals surface area (Å²) in [6, 6.07) is 0. The first kappa shape index (κ1) is 12.9. The van der Waals surface area contributed by atoms with Crippen molar-refractivity contribution in [3.8, 4) is 0 Å². The van der Waals surface area contributed by atoms with Gasteiger partial charge in [-0.2, -0.15) is 0 Å². The van der Waals surface area contributed by atoms with Gasteiger partial charge in [-0.3, -0.25) is 0 Å². The van der Waals surface area contributed by atoms with Crippen molar-refractivity contribution in [3.63, 3.8) is 0 Å². The highest BCUT2D eigenvalue weighted by Crippen LogP contribution is 2.17. The molecule has 0 radical (unpaired) electrons. The van der Waals surface area contributed by atoms with E-state index in [2.05, 4.69) is 24.1 Å². The van der Waals surface area contributed by atoms with Gasteiger partial charge in [-0.25, -0.2) is 4.98 Å². The van der Waals surface area contributed by atoms with Gasteiger partial charge in [0.2, 0.25) is 0 Å². The molecule has 2 nitrogen and oxygen atoms in total. The first-order valence-corrected chi connectivity index (χ1v) is 6.69. The summed E-state index contributed by atoms with van der Waals surface area (Å²) in [5, 5.41) is 4.45. The molecule has 0 amide bonds. The van der Waals surface area contributed by atoms with Gasteiger partial charge >= 0.3 is 0 Å². The fourth-order valence-corrected chi connectivity index (χ4v) is 2.29. The van der Waals surface area contributed by atoms with Crippen LogP contribution in [0.25, 0.3) is 0 Å². The Morgan fingerprint density at radius 2 is 2.27 bits per heavy atom. The molecule has 0 bridgehead atoms. The lowest BCUT2D eigenvalue weighted by Gasteiger charge is -2.04. The molecule has 1 N–H and O–H groups in total. The van der Waals surface area contributed by atoms with E-state index >= 15 is 0 Å². The molecule has 1 aromatic heterocycles. The van der Waals surface area contributed by atoms with E-state index in [9.17, 15) is 0 Å². The highest BCUT2D eigenvalue weighted by atomic mass is 35.5. The fraction of sp³-hybridized carbons (Fsp3) is 0.727. The van der Waals surface area contributed by atoms with Crippen LogP contribution in [0.3, 0.4) is 0 Å². The topological polar surface area (TPSA) is 24.9 Å². The minimum absolute atomic E-state index is 0.770. The summed E-state index contributed by atoms with van der Waals surface area (Å²) in [4.78, 5) is 4.19. The molecule has 4 heteroatoms. The summed E-state index contributed by atoms with van der Waals surface area (Å²) < 4.78 is 0.770. The predicted molar refractivity (Wildman–Crippen MR) is 67.5 cm³/mol. The van der Waals surface area contributed by atoms with Crippen molar-refractivity contribution in [2.75, 3.05) is 6.54 Å². The van der Waals surface area contributed by atoms with E-state index in [4.69, 9.17) is 11.6 Å². The molecule has 0 aromatic carbocycles. The van der Waals surface area contributed by atoms with Crippen molar-refractivity contribution >= 4 is 22.9 Å². The third kappa shape index (κ3) is 6.13. The summed E-state index contributed by atoms with van der Waals surface area (Å²) in [7, 11) is 0. The van der Waals surface area contributed by atoms with Crippen molar-refractivity contribution in [3.05, 3.63) is 15.5 Å². The van der Waals surface area contributed by atoms with Gasteiger partial charge in [0.25, 0.3) is 0 Å². The van der Waals surface area contributed by atoms with Gasteiger partial charge < -0.3 is 5.32 Å². The largest absolute Gasteiger partial charge is 0.310 e. The SMILES string of the molecule is CC(C)CCCCNCc1ncc(Cl)s1. The standard InChI is InChI=1S/C11H19ClN2S/c1-9(2)5-3-4-6-13-8-11-14-7-10(12)15-11/h7,9,13H,3-6,8H2,1-2H3. The van der Waals surface area contributed by atoms with Gasteiger partial charge in [0, 0.05) is 6.54 Å². The van der Waals surface area contributed by atoms with E-state index < -0.39 is 0 Å². The third-order valence-corrected chi connectivity index (χ3v) is 3.30. The number of hydrogen-bond acceptors (Lipinski definition) is 3. The van der Waals surface area contributed by atoms with Gasteiger partial charge in [-0.05, 0) is 18.9 Å². The average molecular weight is 247 g/mol. The Balaban J connectivity index is 1.98. The van der Waals surface area contributed by atoms with Crippen LogP contribution in [0, 0.1) is 5.92 Å². The first-order valence-electron chi connectivity index (χ1n) is 5.49. The van der Waals surface area contributed by atoms with Crippen LogP contribution in [-0.4, -0.2) is 11.5 Å². The predicted octanol–water partition coefficient (Wildman–Crippen LogP) is 3.71. The minimum atomic E-state index is 0.770. The van der Waals surface area contributed by atoms with Crippen molar-refractivity contribution in [2.45, 2.75) is 39.7 Å². The van der Waals surface area contributed by atoms with Crippen LogP contribution in [0.5, 0.6) is 0 Å². The van der Waals surface area contributed by atoms with Gasteiger partial charge in [-0.15, -0.1) is 11.3 Å². The van der Waals surface area contributed by atoms with E-state index in [1.807, 2.05) is 0 Å². The molecule has 15 heavy (non-hydrogen) atoms. The van der Waals surface area contributed by atoms with E-state index in [1.165, 1.54) is 19.3 Å². The second kappa shape index (κ2) is 7.20. The van der Waals surface area contributed by atoms with Crippen LogP contribution >= 0.6 is 22.9 Å². The fourth-order valence-electron chi connectivity index (χ4n) is 1.37. The molecule has 0 aliphatic carbocycles. The molecule has 0 saturated carbocycles. The Hall–Kier alpha value is -0.120. The molecule has 86 valence electrons. The van der Waals surface area contributed by atoms with Gasteiger partial charge in [-0.1, -0.05) is 38.3 Å². The zero-order valence-corrected chi connectivity index (χ0v) is 11.0. The lowest BCUT2D eigenvalue weighted by Crippen LogP contribution is -2.14. The summed E-state index contributed by atoms with van der Waals surface area (Å²) in [5.74, 6) is 0.822. The van der Waals surface area contributed by atoms with Crippen LogP contribution in [0.4, 0.5) is 0 Å². The Bertz CT molecular complexity index is 273. The van der Waals surface area contributed by atoms with Crippen molar-refractivity contribution < 1.29 is 0 Å². The Labute approximate surface area is 101 Å². The van der Waals surface area contributed by atoms with Crippen LogP contribution in [0.2, 0.25) is 4.34 Å². The molecule has 0 saturated heterocycles. The maximum Gasteiger partial charge on any atom is 0.113 e. The number of rotatable bonds is 7. The number of unbranched alkanes of at least 4 members (excludes halogenated alkanes) is 1. The van der Waals surface area contributed by atoms with Gasteiger partial charge in [0.1, 0.15) is 9.34 Å². The van der Waals surface area contributed by atoms with Crippen LogP contribution in [0.1, 0.15) is 38.1 Å². The monoisotopic (exact) mass is 246 g/mol. The van der Waals surface area contributed by atoms with Crippen molar-refractivity contribution in [2.24, 2.45) is 5.92 Å². The quantitative estimate of drug-likeness (QED) is 0.742. The van der Waals surface area contributed by atoms with Gasteiger partial charge in [0.15, 0.2) is 0 Å². The number of halogens is 1. The van der Waals surface area contributed by atoms with Crippen LogP contribution in [0.15, 0.2) is 6.20 Å². The molecular weight excluding hydrogens is 228 g/mol. The molecule has 1 rings (SSSR count). The van der Waals surface area contributed by atoms with Crippen LogP contribution < -0.4 is 5.32 Å². The molecule has 0 aliphatic rings. The normalized spacial score (nSPS) is 11.2. The molecule has 0 atom stereocenters. The number of nitrogens with one attached hydrogen (secondary N) is 1. The second-order valence-electron chi connectivity index (χ2n) is 4.12. The average Bonchev–Trinajstić information content (AvgIpc) is 2.57. The molecule has 1 aromatic rings. The molecular formula is C11H19ClN2S. The molecule has 1 heterocycles. The maximum absolute atomic E-state index is 5.79. The smallest absolute Gasteiger partial charge is 0.113 e. The van der Waals surface area contributed by atoms with Crippen LogP contribution in [-0.2, 0) is 6.54 Å². The highest BCUT2D eigenvalue weighted by Gasteiger charge is 1.99. The minimum Gasteiger partial charge on any atom is -0.310 e. The lowest BCUT2D eigenvalue weighted by molar-refractivity contribution is 0.520. The summed E-state index contributed by atoms with van der Waals surface area (Å²) in [6.07, 6.45) is 5.59. The Morgan fingerprint density at radius 1 is 1.47 bits per heavy atom. The summed E-state index contributed by atoms with van der Waals surface area (Å²) in [6.45, 7) is 6.46. The molecule has 0 aliphatic heterocycles. The zero-order chi connectivity index (χ0) is 11.1. The first-order chi connectivity index (χ1) is 7.18. The molecule has 0 unspecified atom stereocenters. The van der Waals surface area contributed by atoms with E-state index in [1.54, 1.807) is 17.5 Å². The zero-order valence-electron chi connectivity index (χ0n) is 9.42. The summed E-state index contributed by atoms with van der Waals surface area (Å²) >= 11 is 7.33. The Kier molecular flexibility index (Phi) is 6.22. The van der Waals surface area contributed by atoms with E-state index in [0.717, 1.165) is 28.4 Å². The van der Waals surface area contributed by atoms with Crippen molar-refractivity contribution in [1.82, 2.24) is 10.3 Å². The van der Waals surface area contributed by atoms with Gasteiger partial charge in [0.05, 0.1) is 6.20 Å². The van der Waals surface area contributed by atoms with E-state index in [0.29, 0.717) is 0 Å². The second-order valence-corrected chi connectivity index (χ2v) is 5.87. The molecule has 0 spiro atoms. The summed E-state index contributed by atoms with van der Waals surface area (Å²) in [5.41, 5.74) is 0. The molecule has 0 fully saturated rings. The highest BCUT2D eigenvalue weighted by molar-refractivity contribution is 7.15. The number of aromatic nitrogens is 1. The third-order valence-electron chi connectivity index (χ3n) is 2.19. The number of thiazole rings is 1. The van der Waals surface area contributed by atoms with E-state index in [-0.39, 0.29) is 0 Å². The Morgan fingerprint density at radius 3 is 2.87 bits per heavy atom. The number of nitrogens with zero attached hydrogens (tertiary/aromatic N) is 1.